The quantitative estimate of drug-likeness (QED) is 0.661. The molecule has 0 saturated heterocycles. The first-order valence-corrected chi connectivity index (χ1v) is 6.64. The number of esters is 1. The van der Waals surface area contributed by atoms with Crippen molar-refractivity contribution in [3.63, 3.8) is 0 Å². The fourth-order valence-electron chi connectivity index (χ4n) is 2.01. The number of alkyl halides is 3. The van der Waals surface area contributed by atoms with E-state index in [0.717, 1.165) is 0 Å². The van der Waals surface area contributed by atoms with Gasteiger partial charge in [0.2, 0.25) is 0 Å². The molecule has 0 aliphatic rings. The lowest BCUT2D eigenvalue weighted by Crippen LogP contribution is -2.17. The number of ether oxygens (including phenoxy) is 2. The molecule has 0 bridgehead atoms. The predicted molar refractivity (Wildman–Crippen MR) is 84.2 cm³/mol. The summed E-state index contributed by atoms with van der Waals surface area (Å²) in [6.45, 7) is 1.28. The van der Waals surface area contributed by atoms with E-state index >= 15 is 0 Å². The van der Waals surface area contributed by atoms with Gasteiger partial charge in [0.1, 0.15) is 11.5 Å². The maximum absolute atomic E-state index is 12.1. The van der Waals surface area contributed by atoms with E-state index in [4.69, 9.17) is 10.5 Å². The Balaban J connectivity index is 0.00000288. The zero-order valence-electron chi connectivity index (χ0n) is 12.5. The van der Waals surface area contributed by atoms with Crippen molar-refractivity contribution in [1.82, 2.24) is 0 Å². The molecule has 0 saturated carbocycles. The van der Waals surface area contributed by atoms with Crippen LogP contribution in [0.2, 0.25) is 0 Å². The van der Waals surface area contributed by atoms with Crippen molar-refractivity contribution >= 4 is 18.4 Å². The number of carbonyl (C=O) groups excluding carboxylic acids is 1. The largest absolute Gasteiger partial charge is 0.573 e. The van der Waals surface area contributed by atoms with Gasteiger partial charge >= 0.3 is 12.3 Å². The van der Waals surface area contributed by atoms with Gasteiger partial charge in [0, 0.05) is 6.92 Å². The molecule has 0 heterocycles. The van der Waals surface area contributed by atoms with Crippen LogP contribution in [0.3, 0.4) is 0 Å². The van der Waals surface area contributed by atoms with Crippen molar-refractivity contribution < 1.29 is 27.4 Å². The zero-order chi connectivity index (χ0) is 17.0. The summed E-state index contributed by atoms with van der Waals surface area (Å²) in [7, 11) is 0. The summed E-state index contributed by atoms with van der Waals surface area (Å²) in [5, 5.41) is 0. The van der Waals surface area contributed by atoms with Gasteiger partial charge in [-0.3, -0.25) is 4.79 Å². The Morgan fingerprint density at radius 2 is 1.67 bits per heavy atom. The smallest absolute Gasteiger partial charge is 0.427 e. The van der Waals surface area contributed by atoms with Crippen LogP contribution >= 0.6 is 12.4 Å². The Bertz CT molecular complexity index is 690. The summed E-state index contributed by atoms with van der Waals surface area (Å²) in [5.74, 6) is -0.422. The van der Waals surface area contributed by atoms with Crippen LogP contribution in [0.4, 0.5) is 13.2 Å². The van der Waals surface area contributed by atoms with Crippen molar-refractivity contribution in [2.75, 3.05) is 0 Å². The maximum Gasteiger partial charge on any atom is 0.573 e. The summed E-state index contributed by atoms with van der Waals surface area (Å²) in [5.41, 5.74) is 7.35. The van der Waals surface area contributed by atoms with Gasteiger partial charge in [0.25, 0.3) is 0 Å². The van der Waals surface area contributed by atoms with Gasteiger partial charge in [-0.25, -0.2) is 0 Å². The molecular weight excluding hydrogens is 347 g/mol. The van der Waals surface area contributed by atoms with Gasteiger partial charge in [-0.1, -0.05) is 24.3 Å². The molecule has 0 spiro atoms. The highest BCUT2D eigenvalue weighted by molar-refractivity contribution is 5.85. The van der Waals surface area contributed by atoms with E-state index in [1.807, 2.05) is 0 Å². The highest BCUT2D eigenvalue weighted by atomic mass is 35.5. The van der Waals surface area contributed by atoms with Crippen LogP contribution in [-0.2, 0) is 4.79 Å². The monoisotopic (exact) mass is 361 g/mol. The predicted octanol–water partition coefficient (Wildman–Crippen LogP) is 3.98. The summed E-state index contributed by atoms with van der Waals surface area (Å²) in [6.07, 6.45) is -4.73. The Morgan fingerprint density at radius 3 is 2.21 bits per heavy atom. The molecule has 130 valence electrons. The lowest BCUT2D eigenvalue weighted by molar-refractivity contribution is -0.274. The second-order valence-corrected chi connectivity index (χ2v) is 4.76. The first-order chi connectivity index (χ1) is 10.7. The van der Waals surface area contributed by atoms with Crippen molar-refractivity contribution in [1.29, 1.82) is 0 Å². The van der Waals surface area contributed by atoms with Gasteiger partial charge in [0.05, 0.1) is 6.04 Å². The van der Waals surface area contributed by atoms with Crippen LogP contribution in [0, 0.1) is 0 Å². The van der Waals surface area contributed by atoms with E-state index in [-0.39, 0.29) is 18.2 Å². The van der Waals surface area contributed by atoms with Gasteiger partial charge in [-0.2, -0.15) is 0 Å². The molecule has 4 nitrogen and oxygen atoms in total. The fourth-order valence-corrected chi connectivity index (χ4v) is 2.01. The zero-order valence-corrected chi connectivity index (χ0v) is 13.4. The number of benzene rings is 2. The minimum atomic E-state index is -4.73. The summed E-state index contributed by atoms with van der Waals surface area (Å²) in [6, 6.07) is 11.3. The lowest BCUT2D eigenvalue weighted by atomic mass is 9.99. The Morgan fingerprint density at radius 1 is 1.04 bits per heavy atom. The molecule has 2 aromatic rings. The molecule has 2 aromatic carbocycles. The number of rotatable bonds is 4. The normalized spacial score (nSPS) is 12.0. The lowest BCUT2D eigenvalue weighted by Gasteiger charge is -2.15. The van der Waals surface area contributed by atoms with Crippen molar-refractivity contribution in [2.24, 2.45) is 5.73 Å². The first-order valence-electron chi connectivity index (χ1n) is 6.64. The minimum absolute atomic E-state index is 0. The molecule has 1 atom stereocenters. The molecule has 0 unspecified atom stereocenters. The van der Waals surface area contributed by atoms with Crippen molar-refractivity contribution in [3.8, 4) is 11.5 Å². The van der Waals surface area contributed by atoms with Crippen LogP contribution in [0.15, 0.2) is 48.5 Å². The molecule has 2 rings (SSSR count). The molecule has 0 aromatic heterocycles. The standard InChI is InChI=1S/C16H14F3NO3.ClH/c1-10(21)22-14-4-2-3-12(9-14)15(20)11-5-7-13(8-6-11)23-16(17,18)19;/h2-9,15H,20H2,1H3;1H/t15-;/m0./s1. The van der Waals surface area contributed by atoms with Crippen LogP contribution in [0.1, 0.15) is 24.1 Å². The summed E-state index contributed by atoms with van der Waals surface area (Å²) >= 11 is 0. The van der Waals surface area contributed by atoms with E-state index in [0.29, 0.717) is 16.9 Å². The van der Waals surface area contributed by atoms with Crippen LogP contribution in [0.5, 0.6) is 11.5 Å². The topological polar surface area (TPSA) is 61.5 Å². The Hall–Kier alpha value is -2.25. The summed E-state index contributed by atoms with van der Waals surface area (Å²) < 4.78 is 45.2. The molecule has 0 aliphatic heterocycles. The van der Waals surface area contributed by atoms with E-state index in [2.05, 4.69) is 4.74 Å². The molecular formula is C16H15ClF3NO3. The number of carbonyl (C=O) groups is 1. The molecule has 8 heteroatoms. The molecule has 2 N–H and O–H groups in total. The number of halogens is 4. The third kappa shape index (κ3) is 5.75. The molecule has 24 heavy (non-hydrogen) atoms. The minimum Gasteiger partial charge on any atom is -0.427 e. The third-order valence-electron chi connectivity index (χ3n) is 2.95. The van der Waals surface area contributed by atoms with Crippen molar-refractivity contribution in [2.45, 2.75) is 19.3 Å². The van der Waals surface area contributed by atoms with E-state index < -0.39 is 18.4 Å². The third-order valence-corrected chi connectivity index (χ3v) is 2.95. The van der Waals surface area contributed by atoms with Gasteiger partial charge < -0.3 is 15.2 Å². The number of hydrogen-bond acceptors (Lipinski definition) is 4. The first kappa shape index (κ1) is 19.8. The highest BCUT2D eigenvalue weighted by Crippen LogP contribution is 2.27. The van der Waals surface area contributed by atoms with Crippen LogP contribution in [0.25, 0.3) is 0 Å². The van der Waals surface area contributed by atoms with E-state index in [1.54, 1.807) is 24.3 Å². The average Bonchev–Trinajstić information content (AvgIpc) is 2.45. The van der Waals surface area contributed by atoms with Gasteiger partial charge in [0.15, 0.2) is 0 Å². The van der Waals surface area contributed by atoms with Crippen LogP contribution in [-0.4, -0.2) is 12.3 Å². The average molecular weight is 362 g/mol. The Labute approximate surface area is 142 Å². The SMILES string of the molecule is CC(=O)Oc1cccc([C@@H](N)c2ccc(OC(F)(F)F)cc2)c1.Cl. The summed E-state index contributed by atoms with van der Waals surface area (Å²) in [4.78, 5) is 11.0. The van der Waals surface area contributed by atoms with E-state index in [1.165, 1.54) is 31.2 Å². The fraction of sp³-hybridized carbons (Fsp3) is 0.188. The highest BCUT2D eigenvalue weighted by Gasteiger charge is 2.31. The number of nitrogens with two attached hydrogens (primary N) is 1. The van der Waals surface area contributed by atoms with E-state index in [9.17, 15) is 18.0 Å². The molecule has 0 aliphatic carbocycles. The molecule has 0 fully saturated rings. The molecule has 0 radical (unpaired) electrons. The van der Waals surface area contributed by atoms with Gasteiger partial charge in [-0.05, 0) is 35.4 Å². The molecule has 0 amide bonds. The second kappa shape index (κ2) is 8.03. The van der Waals surface area contributed by atoms with Crippen molar-refractivity contribution in [3.05, 3.63) is 59.7 Å². The Kier molecular flexibility index (Phi) is 6.62. The van der Waals surface area contributed by atoms with Gasteiger partial charge in [-0.15, -0.1) is 25.6 Å². The number of hydrogen-bond donors (Lipinski definition) is 1. The maximum atomic E-state index is 12.1. The second-order valence-electron chi connectivity index (χ2n) is 4.76. The van der Waals surface area contributed by atoms with Crippen LogP contribution < -0.4 is 15.2 Å².